The summed E-state index contributed by atoms with van der Waals surface area (Å²) in [5.74, 6) is -0.427. The smallest absolute Gasteiger partial charge is 0.357 e. The Kier molecular flexibility index (Phi) is 3.54. The first kappa shape index (κ1) is 11.8. The van der Waals surface area contributed by atoms with Crippen molar-refractivity contribution in [1.82, 2.24) is 4.98 Å². The number of halogens is 1. The number of carbonyl (C=O) groups excluding carboxylic acids is 1. The van der Waals surface area contributed by atoms with Gasteiger partial charge in [-0.3, -0.25) is 0 Å². The summed E-state index contributed by atoms with van der Waals surface area (Å²) in [7, 11) is 1.35. The van der Waals surface area contributed by atoms with Crippen LogP contribution in [-0.2, 0) is 4.74 Å². The summed E-state index contributed by atoms with van der Waals surface area (Å²) < 4.78 is 5.70. The Balaban J connectivity index is 2.51. The number of nitrogens with zero attached hydrogens (tertiary/aromatic N) is 1. The molecule has 0 aliphatic heterocycles. The second-order valence-electron chi connectivity index (χ2n) is 3.40. The number of methoxy groups -OCH3 is 1. The quantitative estimate of drug-likeness (QED) is 0.797. The van der Waals surface area contributed by atoms with E-state index in [4.69, 9.17) is 4.74 Å². The number of hydrogen-bond acceptors (Lipinski definition) is 3. The standard InChI is InChI=1S/C13H10BrNO2/c1-17-13(16)12-11(3-2-8-15-12)9-4-6-10(14)7-5-9/h2-8H,1H3. The van der Waals surface area contributed by atoms with Crippen molar-refractivity contribution in [2.24, 2.45) is 0 Å². The van der Waals surface area contributed by atoms with E-state index in [0.29, 0.717) is 5.69 Å². The molecule has 2 rings (SSSR count). The van der Waals surface area contributed by atoms with Crippen molar-refractivity contribution >= 4 is 21.9 Å². The summed E-state index contributed by atoms with van der Waals surface area (Å²) in [6, 6.07) is 11.3. The van der Waals surface area contributed by atoms with Crippen LogP contribution in [0.15, 0.2) is 47.1 Å². The van der Waals surface area contributed by atoms with Gasteiger partial charge < -0.3 is 4.74 Å². The first-order chi connectivity index (χ1) is 8.22. The first-order valence-corrected chi connectivity index (χ1v) is 5.81. The molecule has 0 saturated carbocycles. The van der Waals surface area contributed by atoms with E-state index < -0.39 is 5.97 Å². The van der Waals surface area contributed by atoms with Crippen LogP contribution in [0.2, 0.25) is 0 Å². The van der Waals surface area contributed by atoms with Crippen LogP contribution >= 0.6 is 15.9 Å². The summed E-state index contributed by atoms with van der Waals surface area (Å²) in [6.45, 7) is 0. The highest BCUT2D eigenvalue weighted by Crippen LogP contribution is 2.24. The van der Waals surface area contributed by atoms with E-state index in [2.05, 4.69) is 20.9 Å². The fourth-order valence-electron chi connectivity index (χ4n) is 1.53. The van der Waals surface area contributed by atoms with Gasteiger partial charge in [-0.05, 0) is 23.8 Å². The predicted molar refractivity (Wildman–Crippen MR) is 68.7 cm³/mol. The Bertz CT molecular complexity index is 537. The van der Waals surface area contributed by atoms with E-state index >= 15 is 0 Å². The fourth-order valence-corrected chi connectivity index (χ4v) is 1.79. The highest BCUT2D eigenvalue weighted by molar-refractivity contribution is 9.10. The van der Waals surface area contributed by atoms with Gasteiger partial charge in [0.15, 0.2) is 5.69 Å². The summed E-state index contributed by atoms with van der Waals surface area (Å²) in [6.07, 6.45) is 1.58. The molecular formula is C13H10BrNO2. The molecule has 17 heavy (non-hydrogen) atoms. The third-order valence-corrected chi connectivity index (χ3v) is 2.87. The molecule has 0 aliphatic rings. The van der Waals surface area contributed by atoms with Gasteiger partial charge in [0.05, 0.1) is 7.11 Å². The molecule has 0 bridgehead atoms. The highest BCUT2D eigenvalue weighted by Gasteiger charge is 2.13. The Morgan fingerprint density at radius 1 is 1.24 bits per heavy atom. The Hall–Kier alpha value is -1.68. The maximum atomic E-state index is 11.6. The molecule has 0 amide bonds. The Morgan fingerprint density at radius 3 is 2.59 bits per heavy atom. The molecule has 0 radical (unpaired) electrons. The number of hydrogen-bond donors (Lipinski definition) is 0. The van der Waals surface area contributed by atoms with Crippen molar-refractivity contribution in [2.45, 2.75) is 0 Å². The zero-order valence-electron chi connectivity index (χ0n) is 9.18. The summed E-state index contributed by atoms with van der Waals surface area (Å²) in [5.41, 5.74) is 2.03. The average molecular weight is 292 g/mol. The van der Waals surface area contributed by atoms with Crippen LogP contribution in [0.4, 0.5) is 0 Å². The van der Waals surface area contributed by atoms with Crippen LogP contribution in [0, 0.1) is 0 Å². The molecule has 1 aromatic carbocycles. The zero-order chi connectivity index (χ0) is 12.3. The van der Waals surface area contributed by atoms with Gasteiger partial charge in [0.25, 0.3) is 0 Å². The minimum Gasteiger partial charge on any atom is -0.464 e. The van der Waals surface area contributed by atoms with Gasteiger partial charge in [-0.1, -0.05) is 34.1 Å². The molecule has 3 nitrogen and oxygen atoms in total. The van der Waals surface area contributed by atoms with Gasteiger partial charge in [0.1, 0.15) is 0 Å². The maximum absolute atomic E-state index is 11.6. The van der Waals surface area contributed by atoms with Crippen molar-refractivity contribution in [3.05, 3.63) is 52.8 Å². The van der Waals surface area contributed by atoms with Gasteiger partial charge in [-0.15, -0.1) is 0 Å². The largest absolute Gasteiger partial charge is 0.464 e. The zero-order valence-corrected chi connectivity index (χ0v) is 10.8. The van der Waals surface area contributed by atoms with Crippen LogP contribution in [0.5, 0.6) is 0 Å². The number of ether oxygens (including phenoxy) is 1. The predicted octanol–water partition coefficient (Wildman–Crippen LogP) is 3.30. The highest BCUT2D eigenvalue weighted by atomic mass is 79.9. The lowest BCUT2D eigenvalue weighted by Crippen LogP contribution is -2.06. The average Bonchev–Trinajstić information content (AvgIpc) is 2.39. The lowest BCUT2D eigenvalue weighted by atomic mass is 10.0. The summed E-state index contributed by atoms with van der Waals surface area (Å²) >= 11 is 3.37. The van der Waals surface area contributed by atoms with E-state index in [9.17, 15) is 4.79 Å². The van der Waals surface area contributed by atoms with Crippen molar-refractivity contribution < 1.29 is 9.53 Å². The molecule has 0 N–H and O–H groups in total. The van der Waals surface area contributed by atoms with Gasteiger partial charge in [0, 0.05) is 16.2 Å². The lowest BCUT2D eigenvalue weighted by Gasteiger charge is -2.06. The van der Waals surface area contributed by atoms with Gasteiger partial charge in [0.2, 0.25) is 0 Å². The Labute approximate surface area is 108 Å². The van der Waals surface area contributed by atoms with Gasteiger partial charge in [-0.2, -0.15) is 0 Å². The van der Waals surface area contributed by atoms with E-state index in [0.717, 1.165) is 15.6 Å². The fraction of sp³-hybridized carbons (Fsp3) is 0.0769. The SMILES string of the molecule is COC(=O)c1ncccc1-c1ccc(Br)cc1. The van der Waals surface area contributed by atoms with Crippen LogP contribution in [0.1, 0.15) is 10.5 Å². The molecule has 1 heterocycles. The molecular weight excluding hydrogens is 282 g/mol. The number of carbonyl (C=O) groups is 1. The second-order valence-corrected chi connectivity index (χ2v) is 4.31. The van der Waals surface area contributed by atoms with Crippen molar-refractivity contribution in [3.8, 4) is 11.1 Å². The third kappa shape index (κ3) is 2.53. The minimum absolute atomic E-state index is 0.331. The minimum atomic E-state index is -0.427. The maximum Gasteiger partial charge on any atom is 0.357 e. The molecule has 0 spiro atoms. The molecule has 4 heteroatoms. The lowest BCUT2D eigenvalue weighted by molar-refractivity contribution is 0.0595. The molecule has 1 aromatic heterocycles. The number of pyridine rings is 1. The second kappa shape index (κ2) is 5.10. The normalized spacial score (nSPS) is 10.0. The van der Waals surface area contributed by atoms with Gasteiger partial charge in [-0.25, -0.2) is 9.78 Å². The number of benzene rings is 1. The van der Waals surface area contributed by atoms with Crippen LogP contribution in [0.25, 0.3) is 11.1 Å². The number of esters is 1. The van der Waals surface area contributed by atoms with E-state index in [1.807, 2.05) is 30.3 Å². The molecule has 0 atom stereocenters. The molecule has 86 valence electrons. The first-order valence-electron chi connectivity index (χ1n) is 5.01. The number of aromatic nitrogens is 1. The molecule has 2 aromatic rings. The monoisotopic (exact) mass is 291 g/mol. The summed E-state index contributed by atoms with van der Waals surface area (Å²) in [4.78, 5) is 15.6. The van der Waals surface area contributed by atoms with Crippen molar-refractivity contribution in [2.75, 3.05) is 7.11 Å². The molecule has 0 saturated heterocycles. The van der Waals surface area contributed by atoms with Crippen molar-refractivity contribution in [1.29, 1.82) is 0 Å². The molecule has 0 unspecified atom stereocenters. The van der Waals surface area contributed by atoms with E-state index in [-0.39, 0.29) is 0 Å². The van der Waals surface area contributed by atoms with Crippen LogP contribution < -0.4 is 0 Å². The Morgan fingerprint density at radius 2 is 1.94 bits per heavy atom. The summed E-state index contributed by atoms with van der Waals surface area (Å²) in [5, 5.41) is 0. The number of rotatable bonds is 2. The van der Waals surface area contributed by atoms with Gasteiger partial charge >= 0.3 is 5.97 Å². The van der Waals surface area contributed by atoms with E-state index in [1.54, 1.807) is 12.3 Å². The van der Waals surface area contributed by atoms with Crippen LogP contribution in [-0.4, -0.2) is 18.1 Å². The van der Waals surface area contributed by atoms with Crippen molar-refractivity contribution in [3.63, 3.8) is 0 Å². The topological polar surface area (TPSA) is 39.2 Å². The van der Waals surface area contributed by atoms with E-state index in [1.165, 1.54) is 7.11 Å². The molecule has 0 aliphatic carbocycles. The third-order valence-electron chi connectivity index (χ3n) is 2.34. The van der Waals surface area contributed by atoms with Crippen LogP contribution in [0.3, 0.4) is 0 Å². The molecule has 0 fully saturated rings.